The van der Waals surface area contributed by atoms with Crippen LogP contribution in [0.4, 0.5) is 0 Å². The molecule has 1 spiro atoms. The molecule has 2 aliphatic rings. The third kappa shape index (κ3) is 6.25. The van der Waals surface area contributed by atoms with Crippen LogP contribution >= 0.6 is 24.0 Å². The second kappa shape index (κ2) is 10.9. The van der Waals surface area contributed by atoms with Crippen molar-refractivity contribution in [1.82, 2.24) is 16.0 Å². The molecular formula is C21H33IN4O2. The second-order valence-electron chi connectivity index (χ2n) is 7.69. The van der Waals surface area contributed by atoms with Crippen LogP contribution in [0.5, 0.6) is 5.75 Å². The van der Waals surface area contributed by atoms with Gasteiger partial charge in [0.05, 0.1) is 19.2 Å². The van der Waals surface area contributed by atoms with E-state index in [9.17, 15) is 4.79 Å². The molecule has 1 aliphatic heterocycles. The minimum absolute atomic E-state index is 0. The summed E-state index contributed by atoms with van der Waals surface area (Å²) in [6.07, 6.45) is 5.22. The van der Waals surface area contributed by atoms with Gasteiger partial charge in [-0.3, -0.25) is 9.79 Å². The third-order valence-corrected chi connectivity index (χ3v) is 5.56. The van der Waals surface area contributed by atoms with E-state index in [4.69, 9.17) is 4.74 Å². The van der Waals surface area contributed by atoms with Crippen molar-refractivity contribution in [3.8, 4) is 5.75 Å². The highest BCUT2D eigenvalue weighted by atomic mass is 127. The van der Waals surface area contributed by atoms with E-state index >= 15 is 0 Å². The van der Waals surface area contributed by atoms with E-state index in [1.54, 1.807) is 0 Å². The number of hydrogen-bond donors (Lipinski definition) is 3. The molecule has 1 aliphatic carbocycles. The molecule has 3 rings (SSSR count). The minimum atomic E-state index is -0.0100. The fourth-order valence-corrected chi connectivity index (χ4v) is 3.63. The Morgan fingerprint density at radius 3 is 2.64 bits per heavy atom. The quantitative estimate of drug-likeness (QED) is 0.378. The molecule has 28 heavy (non-hydrogen) atoms. The number of carbonyl (C=O) groups excluding carboxylic acids is 1. The first-order valence-electron chi connectivity index (χ1n) is 10.1. The lowest BCUT2D eigenvalue weighted by Crippen LogP contribution is -2.52. The van der Waals surface area contributed by atoms with Gasteiger partial charge in [-0.25, -0.2) is 0 Å². The highest BCUT2D eigenvalue weighted by Crippen LogP contribution is 2.41. The van der Waals surface area contributed by atoms with Crippen molar-refractivity contribution in [2.24, 2.45) is 10.4 Å². The molecule has 1 saturated carbocycles. The third-order valence-electron chi connectivity index (χ3n) is 5.56. The largest absolute Gasteiger partial charge is 0.494 e. The Bertz CT molecular complexity index is 659. The predicted octanol–water partition coefficient (Wildman–Crippen LogP) is 3.38. The fraction of sp³-hybridized carbons (Fsp3) is 0.619. The average Bonchev–Trinajstić information content (AvgIpc) is 2.65. The van der Waals surface area contributed by atoms with Crippen molar-refractivity contribution in [2.75, 3.05) is 26.2 Å². The summed E-state index contributed by atoms with van der Waals surface area (Å²) in [4.78, 5) is 16.8. The molecular weight excluding hydrogens is 467 g/mol. The Hall–Kier alpha value is -1.51. The van der Waals surface area contributed by atoms with Crippen molar-refractivity contribution < 1.29 is 9.53 Å². The lowest BCUT2D eigenvalue weighted by molar-refractivity contribution is -0.121. The molecule has 0 aromatic heterocycles. The number of nitrogens with one attached hydrogen (secondary N) is 3. The first kappa shape index (κ1) is 22.8. The van der Waals surface area contributed by atoms with Crippen molar-refractivity contribution >= 4 is 35.8 Å². The van der Waals surface area contributed by atoms with Gasteiger partial charge in [0.1, 0.15) is 5.75 Å². The maximum atomic E-state index is 12.2. The first-order valence-corrected chi connectivity index (χ1v) is 10.1. The molecule has 3 N–H and O–H groups in total. The Kier molecular flexibility index (Phi) is 8.85. The number of carbonyl (C=O) groups is 1. The van der Waals surface area contributed by atoms with E-state index in [-0.39, 0.29) is 35.9 Å². The molecule has 1 aromatic rings. The SMILES string of the molecule is CCOc1ccc(C(C)NC(=O)CCCNC2=NCC3(CCC3)CN2)cc1.I. The summed E-state index contributed by atoms with van der Waals surface area (Å²) in [6, 6.07) is 7.87. The summed E-state index contributed by atoms with van der Waals surface area (Å²) >= 11 is 0. The lowest BCUT2D eigenvalue weighted by atomic mass is 9.68. The van der Waals surface area contributed by atoms with E-state index in [0.717, 1.165) is 43.3 Å². The average molecular weight is 500 g/mol. The normalized spacial score (nSPS) is 18.0. The number of hydrogen-bond acceptors (Lipinski definition) is 5. The smallest absolute Gasteiger partial charge is 0.220 e. The van der Waals surface area contributed by atoms with Crippen molar-refractivity contribution in [3.05, 3.63) is 29.8 Å². The maximum Gasteiger partial charge on any atom is 0.220 e. The molecule has 1 fully saturated rings. The molecule has 0 bridgehead atoms. The van der Waals surface area contributed by atoms with Gasteiger partial charge in [-0.2, -0.15) is 0 Å². The standard InChI is InChI=1S/C21H32N4O2.HI/c1-3-27-18-9-7-17(8-10-18)16(2)25-19(26)6-4-13-22-20-23-14-21(15-24-20)11-5-12-21;/h7-10,16H,3-6,11-15H2,1-2H3,(H,25,26)(H2,22,23,24);1H. The van der Waals surface area contributed by atoms with Crippen LogP contribution in [0.2, 0.25) is 0 Å². The number of amides is 1. The number of benzene rings is 1. The Labute approximate surface area is 185 Å². The molecule has 6 nitrogen and oxygen atoms in total. The van der Waals surface area contributed by atoms with Crippen LogP contribution in [-0.4, -0.2) is 38.1 Å². The van der Waals surface area contributed by atoms with Gasteiger partial charge >= 0.3 is 0 Å². The van der Waals surface area contributed by atoms with Crippen molar-refractivity contribution in [2.45, 2.75) is 52.0 Å². The minimum Gasteiger partial charge on any atom is -0.494 e. The van der Waals surface area contributed by atoms with E-state index in [2.05, 4.69) is 20.9 Å². The lowest BCUT2D eigenvalue weighted by Gasteiger charge is -2.43. The Morgan fingerprint density at radius 1 is 1.32 bits per heavy atom. The molecule has 1 heterocycles. The summed E-state index contributed by atoms with van der Waals surface area (Å²) in [7, 11) is 0. The van der Waals surface area contributed by atoms with Crippen LogP contribution in [-0.2, 0) is 4.79 Å². The predicted molar refractivity (Wildman–Crippen MR) is 123 cm³/mol. The van der Waals surface area contributed by atoms with Gasteiger partial charge in [0.2, 0.25) is 5.91 Å². The fourth-order valence-electron chi connectivity index (χ4n) is 3.63. The van der Waals surface area contributed by atoms with Gasteiger partial charge in [0, 0.05) is 24.9 Å². The topological polar surface area (TPSA) is 74.8 Å². The van der Waals surface area contributed by atoms with Crippen LogP contribution in [0.15, 0.2) is 29.3 Å². The van der Waals surface area contributed by atoms with Crippen LogP contribution in [0.25, 0.3) is 0 Å². The van der Waals surface area contributed by atoms with Gasteiger partial charge in [-0.1, -0.05) is 18.6 Å². The molecule has 1 amide bonds. The van der Waals surface area contributed by atoms with Gasteiger partial charge in [0.15, 0.2) is 5.96 Å². The highest BCUT2D eigenvalue weighted by Gasteiger charge is 2.38. The number of nitrogens with zero attached hydrogens (tertiary/aromatic N) is 1. The molecule has 7 heteroatoms. The molecule has 1 unspecified atom stereocenters. The molecule has 0 radical (unpaired) electrons. The van der Waals surface area contributed by atoms with Crippen molar-refractivity contribution in [1.29, 1.82) is 0 Å². The number of rotatable bonds is 8. The first-order chi connectivity index (χ1) is 13.1. The zero-order valence-corrected chi connectivity index (χ0v) is 19.3. The van der Waals surface area contributed by atoms with E-state index in [0.29, 0.717) is 18.4 Å². The van der Waals surface area contributed by atoms with Gasteiger partial charge < -0.3 is 20.7 Å². The summed E-state index contributed by atoms with van der Waals surface area (Å²) in [6.45, 7) is 7.34. The molecule has 1 atom stereocenters. The van der Waals surface area contributed by atoms with E-state index in [1.165, 1.54) is 19.3 Å². The maximum absolute atomic E-state index is 12.2. The van der Waals surface area contributed by atoms with Gasteiger partial charge in [0.25, 0.3) is 0 Å². The van der Waals surface area contributed by atoms with E-state index < -0.39 is 0 Å². The summed E-state index contributed by atoms with van der Waals surface area (Å²) in [5, 5.41) is 9.77. The summed E-state index contributed by atoms with van der Waals surface area (Å²) < 4.78 is 5.45. The summed E-state index contributed by atoms with van der Waals surface area (Å²) in [5.41, 5.74) is 1.51. The van der Waals surface area contributed by atoms with Crippen LogP contribution in [0, 0.1) is 5.41 Å². The zero-order chi connectivity index (χ0) is 19.1. The second-order valence-corrected chi connectivity index (χ2v) is 7.69. The summed E-state index contributed by atoms with van der Waals surface area (Å²) in [5.74, 6) is 1.81. The van der Waals surface area contributed by atoms with Crippen LogP contribution in [0.1, 0.15) is 57.6 Å². The van der Waals surface area contributed by atoms with E-state index in [1.807, 2.05) is 38.1 Å². The van der Waals surface area contributed by atoms with Crippen molar-refractivity contribution in [3.63, 3.8) is 0 Å². The number of ether oxygens (including phenoxy) is 1. The highest BCUT2D eigenvalue weighted by molar-refractivity contribution is 14.0. The monoisotopic (exact) mass is 500 g/mol. The number of guanidine groups is 1. The number of halogens is 1. The zero-order valence-electron chi connectivity index (χ0n) is 16.9. The van der Waals surface area contributed by atoms with Gasteiger partial charge in [-0.15, -0.1) is 24.0 Å². The Balaban J connectivity index is 0.00000280. The molecule has 1 aromatic carbocycles. The van der Waals surface area contributed by atoms with Crippen LogP contribution in [0.3, 0.4) is 0 Å². The molecule has 156 valence electrons. The Morgan fingerprint density at radius 2 is 2.07 bits per heavy atom. The number of aliphatic imine (C=N–C) groups is 1. The van der Waals surface area contributed by atoms with Gasteiger partial charge in [-0.05, 0) is 50.8 Å². The molecule has 0 saturated heterocycles. The van der Waals surface area contributed by atoms with Crippen LogP contribution < -0.4 is 20.7 Å².